The number of nitrogens with zero attached hydrogens (tertiary/aromatic N) is 2. The summed E-state index contributed by atoms with van der Waals surface area (Å²) in [5, 5.41) is 13.7. The number of benzene rings is 2. The number of rotatable bonds is 6. The Morgan fingerprint density at radius 1 is 1.35 bits per heavy atom. The van der Waals surface area contributed by atoms with Gasteiger partial charge in [0.25, 0.3) is 5.69 Å². The third-order valence-electron chi connectivity index (χ3n) is 3.65. The van der Waals surface area contributed by atoms with Crippen LogP contribution in [0.2, 0.25) is 0 Å². The molecule has 1 aromatic heterocycles. The molecule has 1 unspecified atom stereocenters. The highest BCUT2D eigenvalue weighted by molar-refractivity contribution is 8.00. The first-order valence-electron chi connectivity index (χ1n) is 7.72. The van der Waals surface area contributed by atoms with Crippen LogP contribution in [0.1, 0.15) is 6.92 Å². The van der Waals surface area contributed by atoms with E-state index in [1.807, 2.05) is 18.2 Å². The number of aromatic nitrogens is 2. The minimum absolute atomic E-state index is 0.0747. The number of hydrogen-bond acceptors (Lipinski definition) is 6. The number of non-ortho nitro benzene ring substituents is 1. The van der Waals surface area contributed by atoms with Crippen molar-refractivity contribution in [1.29, 1.82) is 0 Å². The zero-order valence-corrected chi connectivity index (χ0v) is 14.9. The maximum absolute atomic E-state index is 12.4. The summed E-state index contributed by atoms with van der Waals surface area (Å²) in [6.45, 7) is 1.74. The molecule has 3 aromatic rings. The van der Waals surface area contributed by atoms with Crippen molar-refractivity contribution in [3.63, 3.8) is 0 Å². The molecule has 0 radical (unpaired) electrons. The van der Waals surface area contributed by atoms with E-state index in [9.17, 15) is 14.9 Å². The minimum atomic E-state index is -0.503. The molecule has 0 saturated heterocycles. The van der Waals surface area contributed by atoms with Gasteiger partial charge >= 0.3 is 0 Å². The minimum Gasteiger partial charge on any atom is -0.497 e. The maximum atomic E-state index is 12.4. The van der Waals surface area contributed by atoms with Crippen LogP contribution < -0.4 is 10.1 Å². The SMILES string of the molecule is COc1ccc2nc(SC(C)C(=O)Nc3cccc([N+](=O)[O-])c3)[nH]c2c1. The summed E-state index contributed by atoms with van der Waals surface area (Å²) in [6.07, 6.45) is 0. The molecule has 134 valence electrons. The molecule has 0 aliphatic heterocycles. The van der Waals surface area contributed by atoms with E-state index in [0.29, 0.717) is 16.6 Å². The van der Waals surface area contributed by atoms with E-state index in [-0.39, 0.29) is 11.6 Å². The molecule has 8 nitrogen and oxygen atoms in total. The number of ether oxygens (including phenoxy) is 1. The van der Waals surface area contributed by atoms with E-state index in [1.54, 1.807) is 20.1 Å². The summed E-state index contributed by atoms with van der Waals surface area (Å²) >= 11 is 1.27. The molecule has 0 aliphatic rings. The largest absolute Gasteiger partial charge is 0.497 e. The van der Waals surface area contributed by atoms with Crippen LogP contribution in [0.25, 0.3) is 11.0 Å². The number of nitrogens with one attached hydrogen (secondary N) is 2. The van der Waals surface area contributed by atoms with Crippen LogP contribution in [0.3, 0.4) is 0 Å². The van der Waals surface area contributed by atoms with E-state index in [2.05, 4.69) is 15.3 Å². The highest BCUT2D eigenvalue weighted by Crippen LogP contribution is 2.26. The van der Waals surface area contributed by atoms with Crippen molar-refractivity contribution < 1.29 is 14.5 Å². The first kappa shape index (κ1) is 17.7. The highest BCUT2D eigenvalue weighted by atomic mass is 32.2. The second-order valence-corrected chi connectivity index (χ2v) is 6.81. The first-order chi connectivity index (χ1) is 12.5. The molecular weight excluding hydrogens is 356 g/mol. The molecule has 0 saturated carbocycles. The van der Waals surface area contributed by atoms with Gasteiger partial charge in [-0.2, -0.15) is 0 Å². The molecule has 1 heterocycles. The smallest absolute Gasteiger partial charge is 0.271 e. The summed E-state index contributed by atoms with van der Waals surface area (Å²) in [4.78, 5) is 30.2. The fourth-order valence-electron chi connectivity index (χ4n) is 2.31. The normalized spacial score (nSPS) is 11.9. The molecule has 0 fully saturated rings. The van der Waals surface area contributed by atoms with Gasteiger partial charge < -0.3 is 15.0 Å². The second kappa shape index (κ2) is 7.44. The van der Waals surface area contributed by atoms with Gasteiger partial charge in [0.15, 0.2) is 5.16 Å². The maximum Gasteiger partial charge on any atom is 0.271 e. The Hall–Kier alpha value is -3.07. The Balaban J connectivity index is 1.69. The van der Waals surface area contributed by atoms with Gasteiger partial charge in [-0.05, 0) is 25.1 Å². The molecule has 2 N–H and O–H groups in total. The summed E-state index contributed by atoms with van der Waals surface area (Å²) in [6, 6.07) is 11.3. The average molecular weight is 372 g/mol. The lowest BCUT2D eigenvalue weighted by Gasteiger charge is -2.10. The van der Waals surface area contributed by atoms with Crippen LogP contribution in [0.5, 0.6) is 5.75 Å². The number of carbonyl (C=O) groups excluding carboxylic acids is 1. The first-order valence-corrected chi connectivity index (χ1v) is 8.60. The van der Waals surface area contributed by atoms with Crippen molar-refractivity contribution in [1.82, 2.24) is 9.97 Å². The number of carbonyl (C=O) groups is 1. The molecule has 1 amide bonds. The molecule has 0 bridgehead atoms. The number of H-pyrrole nitrogens is 1. The predicted octanol–water partition coefficient (Wildman–Crippen LogP) is 3.60. The number of hydrogen-bond donors (Lipinski definition) is 2. The van der Waals surface area contributed by atoms with Crippen molar-refractivity contribution in [3.8, 4) is 5.75 Å². The number of methoxy groups -OCH3 is 1. The fourth-order valence-corrected chi connectivity index (χ4v) is 3.13. The van der Waals surface area contributed by atoms with E-state index < -0.39 is 10.2 Å². The van der Waals surface area contributed by atoms with E-state index >= 15 is 0 Å². The molecule has 3 rings (SSSR count). The lowest BCUT2D eigenvalue weighted by Crippen LogP contribution is -2.22. The summed E-state index contributed by atoms with van der Waals surface area (Å²) in [5.41, 5.74) is 1.90. The number of amides is 1. The van der Waals surface area contributed by atoms with Crippen molar-refractivity contribution in [2.45, 2.75) is 17.3 Å². The molecule has 0 aliphatic carbocycles. The number of anilines is 1. The van der Waals surface area contributed by atoms with Crippen molar-refractivity contribution >= 4 is 40.1 Å². The number of imidazole rings is 1. The Bertz CT molecular complexity index is 972. The van der Waals surface area contributed by atoms with Gasteiger partial charge in [-0.25, -0.2) is 4.98 Å². The fraction of sp³-hybridized carbons (Fsp3) is 0.176. The van der Waals surface area contributed by atoms with Gasteiger partial charge in [-0.3, -0.25) is 14.9 Å². The third-order valence-corrected chi connectivity index (χ3v) is 4.63. The predicted molar refractivity (Wildman–Crippen MR) is 99.7 cm³/mol. The molecular formula is C17H16N4O4S. The lowest BCUT2D eigenvalue weighted by molar-refractivity contribution is -0.384. The Labute approximate surface area is 153 Å². The summed E-state index contributed by atoms with van der Waals surface area (Å²) in [7, 11) is 1.59. The Morgan fingerprint density at radius 2 is 2.15 bits per heavy atom. The topological polar surface area (TPSA) is 110 Å². The second-order valence-electron chi connectivity index (χ2n) is 5.48. The third kappa shape index (κ3) is 3.94. The van der Waals surface area contributed by atoms with Crippen molar-refractivity contribution in [2.75, 3.05) is 12.4 Å². The Morgan fingerprint density at radius 3 is 2.88 bits per heavy atom. The van der Waals surface area contributed by atoms with Gasteiger partial charge in [0.2, 0.25) is 5.91 Å². The quantitative estimate of drug-likeness (QED) is 0.389. The number of fused-ring (bicyclic) bond motifs is 1. The van der Waals surface area contributed by atoms with Crippen molar-refractivity contribution in [2.24, 2.45) is 0 Å². The Kier molecular flexibility index (Phi) is 5.08. The molecule has 1 atom stereocenters. The van der Waals surface area contributed by atoms with E-state index in [0.717, 1.165) is 11.0 Å². The standard InChI is InChI=1S/C17H16N4O4S/c1-10(16(22)18-11-4-3-5-12(8-11)21(23)24)26-17-19-14-7-6-13(25-2)9-15(14)20-17/h3-10H,1-2H3,(H,18,22)(H,19,20). The van der Waals surface area contributed by atoms with Crippen LogP contribution in [0.15, 0.2) is 47.6 Å². The van der Waals surface area contributed by atoms with Gasteiger partial charge in [-0.15, -0.1) is 0 Å². The van der Waals surface area contributed by atoms with Crippen LogP contribution in [0, 0.1) is 10.1 Å². The molecule has 26 heavy (non-hydrogen) atoms. The molecule has 2 aromatic carbocycles. The van der Waals surface area contributed by atoms with Gasteiger partial charge in [-0.1, -0.05) is 17.8 Å². The lowest BCUT2D eigenvalue weighted by atomic mass is 10.2. The van der Waals surface area contributed by atoms with Crippen molar-refractivity contribution in [3.05, 3.63) is 52.6 Å². The van der Waals surface area contributed by atoms with Gasteiger partial charge in [0.1, 0.15) is 5.75 Å². The number of thioether (sulfide) groups is 1. The number of nitro benzene ring substituents is 1. The van der Waals surface area contributed by atoms with Gasteiger partial charge in [0, 0.05) is 23.9 Å². The molecule has 0 spiro atoms. The van der Waals surface area contributed by atoms with Crippen LogP contribution in [-0.4, -0.2) is 33.2 Å². The number of nitro groups is 1. The summed E-state index contributed by atoms with van der Waals surface area (Å²) < 4.78 is 5.18. The van der Waals surface area contributed by atoms with E-state index in [4.69, 9.17) is 4.74 Å². The number of aromatic amines is 1. The van der Waals surface area contributed by atoms with Crippen LogP contribution in [0.4, 0.5) is 11.4 Å². The zero-order chi connectivity index (χ0) is 18.7. The van der Waals surface area contributed by atoms with Crippen LogP contribution in [-0.2, 0) is 4.79 Å². The van der Waals surface area contributed by atoms with E-state index in [1.165, 1.54) is 30.0 Å². The van der Waals surface area contributed by atoms with Crippen LogP contribution >= 0.6 is 11.8 Å². The zero-order valence-electron chi connectivity index (χ0n) is 14.1. The summed E-state index contributed by atoms with van der Waals surface area (Å²) in [5.74, 6) is 0.447. The molecule has 9 heteroatoms. The highest BCUT2D eigenvalue weighted by Gasteiger charge is 2.18. The average Bonchev–Trinajstić information content (AvgIpc) is 3.02. The van der Waals surface area contributed by atoms with Gasteiger partial charge in [0.05, 0.1) is 28.3 Å². The monoisotopic (exact) mass is 372 g/mol.